The second-order valence-corrected chi connectivity index (χ2v) is 4.06. The van der Waals surface area contributed by atoms with Gasteiger partial charge in [0.05, 0.1) is 0 Å². The zero-order chi connectivity index (χ0) is 14.6. The van der Waals surface area contributed by atoms with Crippen molar-refractivity contribution in [3.63, 3.8) is 0 Å². The third-order valence-electron chi connectivity index (χ3n) is 2.61. The number of rotatable bonds is 4. The van der Waals surface area contributed by atoms with Gasteiger partial charge in [-0.05, 0) is 23.8 Å². The molecule has 104 valence electrons. The van der Waals surface area contributed by atoms with Crippen LogP contribution in [0.5, 0.6) is 5.75 Å². The minimum atomic E-state index is -4.48. The van der Waals surface area contributed by atoms with Crippen molar-refractivity contribution >= 4 is 6.08 Å². The van der Waals surface area contributed by atoms with Crippen LogP contribution in [0.2, 0.25) is 0 Å². The maximum Gasteiger partial charge on any atom is 0.433 e. The van der Waals surface area contributed by atoms with Crippen LogP contribution in [0, 0.1) is 0 Å². The van der Waals surface area contributed by atoms with Crippen LogP contribution in [0.25, 0.3) is 6.08 Å². The molecular formula is C15H12F3NO. The topological polar surface area (TPSA) is 22.1 Å². The van der Waals surface area contributed by atoms with Crippen LogP contribution in [0.15, 0.2) is 49.0 Å². The zero-order valence-electron chi connectivity index (χ0n) is 10.5. The van der Waals surface area contributed by atoms with Crippen LogP contribution in [0.1, 0.15) is 17.0 Å². The predicted molar refractivity (Wildman–Crippen MR) is 70.1 cm³/mol. The molecule has 0 radical (unpaired) electrons. The quantitative estimate of drug-likeness (QED) is 0.831. The number of hydrogen-bond acceptors (Lipinski definition) is 2. The van der Waals surface area contributed by atoms with Crippen molar-refractivity contribution in [1.82, 2.24) is 4.98 Å². The minimum Gasteiger partial charge on any atom is -0.487 e. The molecular weight excluding hydrogens is 267 g/mol. The van der Waals surface area contributed by atoms with Crippen molar-refractivity contribution in [2.24, 2.45) is 0 Å². The summed E-state index contributed by atoms with van der Waals surface area (Å²) in [5, 5.41) is 0. The molecule has 0 aliphatic rings. The zero-order valence-corrected chi connectivity index (χ0v) is 10.5. The molecule has 0 atom stereocenters. The Bertz CT molecular complexity index is 594. The van der Waals surface area contributed by atoms with E-state index < -0.39 is 11.9 Å². The van der Waals surface area contributed by atoms with Gasteiger partial charge in [0.2, 0.25) is 0 Å². The van der Waals surface area contributed by atoms with E-state index in [0.29, 0.717) is 0 Å². The van der Waals surface area contributed by atoms with Crippen molar-refractivity contribution in [3.05, 3.63) is 66.0 Å². The molecule has 0 N–H and O–H groups in total. The fraction of sp³-hybridized carbons (Fsp3) is 0.133. The van der Waals surface area contributed by atoms with E-state index >= 15 is 0 Å². The summed E-state index contributed by atoms with van der Waals surface area (Å²) in [6, 6.07) is 11.5. The summed E-state index contributed by atoms with van der Waals surface area (Å²) in [5.41, 5.74) is 0.0395. The molecule has 0 saturated carbocycles. The fourth-order valence-electron chi connectivity index (χ4n) is 1.62. The van der Waals surface area contributed by atoms with Gasteiger partial charge in [0.25, 0.3) is 0 Å². The van der Waals surface area contributed by atoms with Gasteiger partial charge in [-0.25, -0.2) is 4.98 Å². The first-order chi connectivity index (χ1) is 9.50. The van der Waals surface area contributed by atoms with Crippen LogP contribution >= 0.6 is 0 Å². The highest BCUT2D eigenvalue weighted by molar-refractivity contribution is 5.51. The van der Waals surface area contributed by atoms with Gasteiger partial charge in [-0.3, -0.25) is 0 Å². The van der Waals surface area contributed by atoms with Gasteiger partial charge in [-0.2, -0.15) is 13.2 Å². The SMILES string of the molecule is C=Cc1nc(C(F)(F)F)ccc1OCc1ccccc1. The van der Waals surface area contributed by atoms with Gasteiger partial charge >= 0.3 is 6.18 Å². The van der Waals surface area contributed by atoms with E-state index in [1.807, 2.05) is 30.3 Å². The Labute approximate surface area is 114 Å². The smallest absolute Gasteiger partial charge is 0.433 e. The van der Waals surface area contributed by atoms with Crippen molar-refractivity contribution < 1.29 is 17.9 Å². The van der Waals surface area contributed by atoms with Crippen LogP contribution in [-0.4, -0.2) is 4.98 Å². The molecule has 0 aliphatic carbocycles. The van der Waals surface area contributed by atoms with Crippen molar-refractivity contribution in [2.45, 2.75) is 12.8 Å². The van der Waals surface area contributed by atoms with Gasteiger partial charge in [-0.1, -0.05) is 36.9 Å². The number of aromatic nitrogens is 1. The predicted octanol–water partition coefficient (Wildman–Crippen LogP) is 4.32. The number of benzene rings is 1. The lowest BCUT2D eigenvalue weighted by atomic mass is 10.2. The van der Waals surface area contributed by atoms with E-state index in [0.717, 1.165) is 11.6 Å². The molecule has 2 rings (SSSR count). The molecule has 5 heteroatoms. The molecule has 1 heterocycles. The highest BCUT2D eigenvalue weighted by Crippen LogP contribution is 2.30. The average Bonchev–Trinajstić information content (AvgIpc) is 2.45. The molecule has 20 heavy (non-hydrogen) atoms. The van der Waals surface area contributed by atoms with Crippen molar-refractivity contribution in [3.8, 4) is 5.75 Å². The average molecular weight is 279 g/mol. The van der Waals surface area contributed by atoms with E-state index in [1.165, 1.54) is 12.1 Å². The molecule has 0 fully saturated rings. The Hall–Kier alpha value is -2.30. The van der Waals surface area contributed by atoms with Crippen molar-refractivity contribution in [1.29, 1.82) is 0 Å². The number of pyridine rings is 1. The summed E-state index contributed by atoms with van der Waals surface area (Å²) in [6.07, 6.45) is -3.23. The van der Waals surface area contributed by atoms with Gasteiger partial charge in [0, 0.05) is 0 Å². The van der Waals surface area contributed by atoms with Crippen molar-refractivity contribution in [2.75, 3.05) is 0 Å². The molecule has 0 saturated heterocycles. The molecule has 2 aromatic rings. The Morgan fingerprint density at radius 1 is 1.10 bits per heavy atom. The van der Waals surface area contributed by atoms with Gasteiger partial charge in [-0.15, -0.1) is 0 Å². The van der Waals surface area contributed by atoms with Gasteiger partial charge < -0.3 is 4.74 Å². The minimum absolute atomic E-state index is 0.0794. The number of ether oxygens (including phenoxy) is 1. The highest BCUT2D eigenvalue weighted by atomic mass is 19.4. The number of hydrogen-bond donors (Lipinski definition) is 0. The summed E-state index contributed by atoms with van der Waals surface area (Å²) >= 11 is 0. The molecule has 0 aliphatic heterocycles. The molecule has 2 nitrogen and oxygen atoms in total. The third-order valence-corrected chi connectivity index (χ3v) is 2.61. The first-order valence-corrected chi connectivity index (χ1v) is 5.88. The summed E-state index contributed by atoms with van der Waals surface area (Å²) in [6.45, 7) is 3.72. The summed E-state index contributed by atoms with van der Waals surface area (Å²) in [7, 11) is 0. The standard InChI is InChI=1S/C15H12F3NO/c1-2-12-13(8-9-14(19-12)15(16,17)18)20-10-11-6-4-3-5-7-11/h2-9H,1,10H2. The van der Waals surface area contributed by atoms with E-state index in [-0.39, 0.29) is 18.1 Å². The van der Waals surface area contributed by atoms with Crippen LogP contribution < -0.4 is 4.74 Å². The number of alkyl halides is 3. The number of nitrogens with zero attached hydrogens (tertiary/aromatic N) is 1. The maximum absolute atomic E-state index is 12.5. The normalized spacial score (nSPS) is 11.2. The molecule has 0 amide bonds. The lowest BCUT2D eigenvalue weighted by molar-refractivity contribution is -0.141. The molecule has 1 aromatic heterocycles. The van der Waals surface area contributed by atoms with E-state index in [1.54, 1.807) is 0 Å². The molecule has 0 unspecified atom stereocenters. The maximum atomic E-state index is 12.5. The van der Waals surface area contributed by atoms with E-state index in [9.17, 15) is 13.2 Å². The highest BCUT2D eigenvalue weighted by Gasteiger charge is 2.32. The Balaban J connectivity index is 2.18. The van der Waals surface area contributed by atoms with Crippen LogP contribution in [-0.2, 0) is 12.8 Å². The summed E-state index contributed by atoms with van der Waals surface area (Å²) in [4.78, 5) is 3.51. The van der Waals surface area contributed by atoms with Crippen LogP contribution in [0.4, 0.5) is 13.2 Å². The third kappa shape index (κ3) is 3.38. The number of halogens is 3. The monoisotopic (exact) mass is 279 g/mol. The Morgan fingerprint density at radius 2 is 1.80 bits per heavy atom. The largest absolute Gasteiger partial charge is 0.487 e. The first-order valence-electron chi connectivity index (χ1n) is 5.88. The lowest BCUT2D eigenvalue weighted by Gasteiger charge is -2.11. The molecule has 0 bridgehead atoms. The summed E-state index contributed by atoms with van der Waals surface area (Å²) < 4.78 is 43.1. The first kappa shape index (κ1) is 14.1. The second kappa shape index (κ2) is 5.77. The second-order valence-electron chi connectivity index (χ2n) is 4.06. The Morgan fingerprint density at radius 3 is 2.40 bits per heavy atom. The fourth-order valence-corrected chi connectivity index (χ4v) is 1.62. The Kier molecular flexibility index (Phi) is 4.08. The molecule has 0 spiro atoms. The van der Waals surface area contributed by atoms with E-state index in [4.69, 9.17) is 4.74 Å². The summed E-state index contributed by atoms with van der Waals surface area (Å²) in [5.74, 6) is 0.275. The lowest BCUT2D eigenvalue weighted by Crippen LogP contribution is -2.09. The van der Waals surface area contributed by atoms with E-state index in [2.05, 4.69) is 11.6 Å². The van der Waals surface area contributed by atoms with Gasteiger partial charge in [0.15, 0.2) is 0 Å². The van der Waals surface area contributed by atoms with Gasteiger partial charge in [0.1, 0.15) is 23.7 Å². The van der Waals surface area contributed by atoms with Crippen LogP contribution in [0.3, 0.4) is 0 Å². The molecule has 1 aromatic carbocycles.